The predicted molar refractivity (Wildman–Crippen MR) is 143 cm³/mol. The molecule has 8 nitrogen and oxygen atoms in total. The normalized spacial score (nSPS) is 14.4. The number of ether oxygens (including phenoxy) is 5. The molecule has 1 fully saturated rings. The molecule has 1 aliphatic rings. The summed E-state index contributed by atoms with van der Waals surface area (Å²) in [5, 5.41) is 0. The standard InChI is InChI=1S/C29H32O8S/c1-33-28(30)19-37-29(20-34-21-29)25-9-13-27(14-10-25)36-18-22-5-3-6-24(17-22)23-7-11-26(12-8-23)35-15-4-16-38(2,31)32/h3,5-14,17H,4,15-16,18-21H2,1-2H3. The molecule has 0 aromatic heterocycles. The van der Waals surface area contributed by atoms with Gasteiger partial charge in [0.05, 0.1) is 32.7 Å². The maximum atomic E-state index is 11.5. The zero-order valence-electron chi connectivity index (χ0n) is 21.6. The number of carbonyl (C=O) groups is 1. The molecule has 9 heteroatoms. The first-order valence-electron chi connectivity index (χ1n) is 12.3. The Kier molecular flexibility index (Phi) is 9.04. The van der Waals surface area contributed by atoms with E-state index in [1.807, 2.05) is 66.7 Å². The first-order chi connectivity index (χ1) is 18.3. The summed E-state index contributed by atoms with van der Waals surface area (Å²) in [5.74, 6) is 1.12. The molecule has 0 saturated carbocycles. The third kappa shape index (κ3) is 7.56. The molecular weight excluding hydrogens is 508 g/mol. The van der Waals surface area contributed by atoms with Gasteiger partial charge in [0.1, 0.15) is 40.2 Å². The van der Waals surface area contributed by atoms with E-state index in [4.69, 9.17) is 18.9 Å². The number of sulfone groups is 1. The third-order valence-corrected chi connectivity index (χ3v) is 7.22. The summed E-state index contributed by atoms with van der Waals surface area (Å²) in [6.07, 6.45) is 1.69. The van der Waals surface area contributed by atoms with Crippen molar-refractivity contribution < 1.29 is 36.9 Å². The Bertz CT molecular complexity index is 1310. The molecule has 0 N–H and O–H groups in total. The smallest absolute Gasteiger partial charge is 0.331 e. The average molecular weight is 541 g/mol. The highest BCUT2D eigenvalue weighted by Gasteiger charge is 2.42. The Morgan fingerprint density at radius 3 is 2.24 bits per heavy atom. The highest BCUT2D eigenvalue weighted by Crippen LogP contribution is 2.34. The van der Waals surface area contributed by atoms with Gasteiger partial charge in [-0.1, -0.05) is 42.5 Å². The zero-order valence-corrected chi connectivity index (χ0v) is 22.4. The number of benzene rings is 3. The highest BCUT2D eigenvalue weighted by atomic mass is 32.2. The van der Waals surface area contributed by atoms with Crippen LogP contribution in [0, 0.1) is 0 Å². The van der Waals surface area contributed by atoms with E-state index in [0.717, 1.165) is 28.0 Å². The number of methoxy groups -OCH3 is 1. The molecule has 3 aromatic rings. The fourth-order valence-corrected chi connectivity index (χ4v) is 4.64. The van der Waals surface area contributed by atoms with Gasteiger partial charge in [-0.25, -0.2) is 13.2 Å². The van der Waals surface area contributed by atoms with Crippen LogP contribution in [0.4, 0.5) is 0 Å². The van der Waals surface area contributed by atoms with Crippen LogP contribution in [-0.4, -0.2) is 59.9 Å². The first-order valence-corrected chi connectivity index (χ1v) is 14.3. The Morgan fingerprint density at radius 1 is 0.921 bits per heavy atom. The lowest BCUT2D eigenvalue weighted by Gasteiger charge is -2.41. The maximum Gasteiger partial charge on any atom is 0.331 e. The second-order valence-electron chi connectivity index (χ2n) is 9.22. The van der Waals surface area contributed by atoms with E-state index in [1.165, 1.54) is 13.4 Å². The van der Waals surface area contributed by atoms with Gasteiger partial charge < -0.3 is 23.7 Å². The van der Waals surface area contributed by atoms with Gasteiger partial charge in [0, 0.05) is 6.26 Å². The van der Waals surface area contributed by atoms with Crippen molar-refractivity contribution in [2.24, 2.45) is 0 Å². The minimum atomic E-state index is -2.97. The highest BCUT2D eigenvalue weighted by molar-refractivity contribution is 7.90. The van der Waals surface area contributed by atoms with Crippen LogP contribution in [0.15, 0.2) is 72.8 Å². The number of esters is 1. The minimum absolute atomic E-state index is 0.116. The van der Waals surface area contributed by atoms with E-state index in [0.29, 0.717) is 38.6 Å². The Hall–Kier alpha value is -3.40. The lowest BCUT2D eigenvalue weighted by molar-refractivity contribution is -0.220. The summed E-state index contributed by atoms with van der Waals surface area (Å²) in [4.78, 5) is 11.5. The van der Waals surface area contributed by atoms with Gasteiger partial charge >= 0.3 is 5.97 Å². The maximum absolute atomic E-state index is 11.5. The molecular formula is C29H32O8S. The summed E-state index contributed by atoms with van der Waals surface area (Å²) in [5.41, 5.74) is 3.40. The Balaban J connectivity index is 1.31. The van der Waals surface area contributed by atoms with Gasteiger partial charge in [0.25, 0.3) is 0 Å². The summed E-state index contributed by atoms with van der Waals surface area (Å²) < 4.78 is 49.9. The van der Waals surface area contributed by atoms with Gasteiger partial charge in [-0.05, 0) is 59.0 Å². The van der Waals surface area contributed by atoms with Crippen LogP contribution >= 0.6 is 0 Å². The molecule has 0 spiro atoms. The van der Waals surface area contributed by atoms with Crippen molar-refractivity contribution in [3.63, 3.8) is 0 Å². The van der Waals surface area contributed by atoms with E-state index in [-0.39, 0.29) is 12.4 Å². The monoisotopic (exact) mass is 540 g/mol. The predicted octanol–water partition coefficient (Wildman–Crippen LogP) is 4.16. The van der Waals surface area contributed by atoms with Crippen LogP contribution in [-0.2, 0) is 41.1 Å². The molecule has 202 valence electrons. The zero-order chi connectivity index (χ0) is 27.0. The quantitative estimate of drug-likeness (QED) is 0.236. The summed E-state index contributed by atoms with van der Waals surface area (Å²) in [6.45, 7) is 1.40. The van der Waals surface area contributed by atoms with Crippen molar-refractivity contribution in [1.82, 2.24) is 0 Å². The summed E-state index contributed by atoms with van der Waals surface area (Å²) >= 11 is 0. The molecule has 0 bridgehead atoms. The lowest BCUT2D eigenvalue weighted by Crippen LogP contribution is -2.49. The number of hydrogen-bond donors (Lipinski definition) is 0. The molecule has 1 saturated heterocycles. The van der Waals surface area contributed by atoms with Gasteiger partial charge in [0.15, 0.2) is 0 Å². The van der Waals surface area contributed by atoms with Gasteiger partial charge in [-0.3, -0.25) is 0 Å². The van der Waals surface area contributed by atoms with Crippen molar-refractivity contribution >= 4 is 15.8 Å². The van der Waals surface area contributed by atoms with E-state index in [9.17, 15) is 13.2 Å². The van der Waals surface area contributed by atoms with E-state index in [2.05, 4.69) is 10.8 Å². The van der Waals surface area contributed by atoms with Crippen molar-refractivity contribution in [3.8, 4) is 22.6 Å². The van der Waals surface area contributed by atoms with Crippen molar-refractivity contribution in [2.75, 3.05) is 45.5 Å². The fourth-order valence-electron chi connectivity index (χ4n) is 3.99. The SMILES string of the molecule is COC(=O)COC1(c2ccc(OCc3cccc(-c4ccc(OCCCS(C)(=O)=O)cc4)c3)cc2)COC1. The van der Waals surface area contributed by atoms with Crippen molar-refractivity contribution in [2.45, 2.75) is 18.6 Å². The van der Waals surface area contributed by atoms with Crippen LogP contribution in [0.25, 0.3) is 11.1 Å². The van der Waals surface area contributed by atoms with Gasteiger partial charge in [-0.15, -0.1) is 0 Å². The van der Waals surface area contributed by atoms with Crippen LogP contribution in [0.1, 0.15) is 17.5 Å². The van der Waals surface area contributed by atoms with Crippen LogP contribution in [0.5, 0.6) is 11.5 Å². The average Bonchev–Trinajstić information content (AvgIpc) is 2.90. The topological polar surface area (TPSA) is 97.4 Å². The molecule has 3 aromatic carbocycles. The molecule has 38 heavy (non-hydrogen) atoms. The van der Waals surface area contributed by atoms with Gasteiger partial charge in [0.2, 0.25) is 0 Å². The Morgan fingerprint density at radius 2 is 1.61 bits per heavy atom. The summed E-state index contributed by atoms with van der Waals surface area (Å²) in [7, 11) is -1.64. The fraction of sp³-hybridized carbons (Fsp3) is 0.345. The second-order valence-corrected chi connectivity index (χ2v) is 11.5. The first kappa shape index (κ1) is 27.6. The van der Waals surface area contributed by atoms with Crippen LogP contribution in [0.3, 0.4) is 0 Å². The third-order valence-electron chi connectivity index (χ3n) is 6.19. The van der Waals surface area contributed by atoms with Crippen molar-refractivity contribution in [3.05, 3.63) is 83.9 Å². The van der Waals surface area contributed by atoms with Gasteiger partial charge in [-0.2, -0.15) is 0 Å². The largest absolute Gasteiger partial charge is 0.494 e. The summed E-state index contributed by atoms with van der Waals surface area (Å²) in [6, 6.07) is 23.5. The number of hydrogen-bond acceptors (Lipinski definition) is 8. The van der Waals surface area contributed by atoms with Crippen LogP contribution < -0.4 is 9.47 Å². The minimum Gasteiger partial charge on any atom is -0.494 e. The molecule has 1 heterocycles. The lowest BCUT2D eigenvalue weighted by atomic mass is 9.91. The second kappa shape index (κ2) is 12.4. The molecule has 4 rings (SSSR count). The Labute approximate surface area is 223 Å². The molecule has 0 aliphatic carbocycles. The van der Waals surface area contributed by atoms with Crippen molar-refractivity contribution in [1.29, 1.82) is 0 Å². The molecule has 0 radical (unpaired) electrons. The molecule has 1 aliphatic heterocycles. The molecule has 0 amide bonds. The molecule has 0 unspecified atom stereocenters. The van der Waals surface area contributed by atoms with Crippen LogP contribution in [0.2, 0.25) is 0 Å². The number of carbonyl (C=O) groups excluding carboxylic acids is 1. The van der Waals surface area contributed by atoms with E-state index in [1.54, 1.807) is 0 Å². The van der Waals surface area contributed by atoms with E-state index < -0.39 is 21.4 Å². The number of rotatable bonds is 13. The van der Waals surface area contributed by atoms with E-state index >= 15 is 0 Å². The molecule has 0 atom stereocenters.